The topological polar surface area (TPSA) is 88.3 Å². The van der Waals surface area contributed by atoms with Crippen molar-refractivity contribution in [1.82, 2.24) is 10.3 Å². The molecule has 2 N–H and O–H groups in total. The second kappa shape index (κ2) is 9.84. The van der Waals surface area contributed by atoms with E-state index in [2.05, 4.69) is 10.3 Å². The van der Waals surface area contributed by atoms with Crippen LogP contribution in [-0.4, -0.2) is 29.3 Å². The summed E-state index contributed by atoms with van der Waals surface area (Å²) in [5, 5.41) is 4.21. The zero-order valence-electron chi connectivity index (χ0n) is 19.5. The number of benzene rings is 2. The predicted molar refractivity (Wildman–Crippen MR) is 142 cm³/mol. The Labute approximate surface area is 212 Å². The maximum Gasteiger partial charge on any atom is 0.255 e. The van der Waals surface area contributed by atoms with Gasteiger partial charge in [-0.2, -0.15) is 0 Å². The third kappa shape index (κ3) is 4.55. The molecular weight excluding hydrogens is 476 g/mol. The minimum atomic E-state index is -1.07. The number of rotatable bonds is 6. The second-order valence-corrected chi connectivity index (χ2v) is 8.95. The molecule has 2 aliphatic rings. The van der Waals surface area contributed by atoms with Crippen molar-refractivity contribution in [2.45, 2.75) is 13.0 Å². The quantitative estimate of drug-likeness (QED) is 0.378. The molecule has 0 fully saturated rings. The van der Waals surface area contributed by atoms with Crippen LogP contribution in [0.3, 0.4) is 0 Å². The molecule has 2 heterocycles. The first-order valence-corrected chi connectivity index (χ1v) is 12.0. The van der Waals surface area contributed by atoms with E-state index in [0.29, 0.717) is 34.0 Å². The summed E-state index contributed by atoms with van der Waals surface area (Å²) in [6, 6.07) is 16.1. The Hall–Kier alpha value is -4.16. The Morgan fingerprint density at radius 1 is 1.11 bits per heavy atom. The van der Waals surface area contributed by atoms with Crippen molar-refractivity contribution in [3.63, 3.8) is 0 Å². The van der Waals surface area contributed by atoms with E-state index >= 15 is 0 Å². The normalized spacial score (nSPS) is 19.3. The van der Waals surface area contributed by atoms with Gasteiger partial charge in [0.05, 0.1) is 18.2 Å². The number of pyridine rings is 1. The Kier molecular flexibility index (Phi) is 6.44. The van der Waals surface area contributed by atoms with Gasteiger partial charge in [0.15, 0.2) is 5.78 Å². The van der Waals surface area contributed by atoms with E-state index in [4.69, 9.17) is 16.3 Å². The zero-order chi connectivity index (χ0) is 25.2. The fraction of sp³-hybridized carbons (Fsp3) is 0.138. The van der Waals surface area contributed by atoms with E-state index in [-0.39, 0.29) is 11.6 Å². The van der Waals surface area contributed by atoms with E-state index < -0.39 is 17.6 Å². The van der Waals surface area contributed by atoms with Crippen LogP contribution in [0.25, 0.3) is 22.6 Å². The fourth-order valence-electron chi connectivity index (χ4n) is 4.55. The van der Waals surface area contributed by atoms with Gasteiger partial charge in [0.25, 0.3) is 5.56 Å². The molecule has 3 aromatic rings. The van der Waals surface area contributed by atoms with Crippen molar-refractivity contribution in [3.8, 4) is 5.75 Å². The van der Waals surface area contributed by atoms with Gasteiger partial charge in [-0.15, -0.1) is 0 Å². The third-order valence-corrected chi connectivity index (χ3v) is 6.42. The molecule has 1 aromatic heterocycles. The molecule has 6 nitrogen and oxygen atoms in total. The molecular formula is C29H23ClN2O4. The van der Waals surface area contributed by atoms with E-state index in [9.17, 15) is 14.4 Å². The minimum Gasteiger partial charge on any atom is -0.494 e. The molecule has 5 rings (SSSR count). The lowest BCUT2D eigenvalue weighted by molar-refractivity contribution is -0.129. The Balaban J connectivity index is 1.52. The number of aromatic nitrogens is 1. The maximum atomic E-state index is 13.4. The fourth-order valence-corrected chi connectivity index (χ4v) is 4.74. The van der Waals surface area contributed by atoms with Gasteiger partial charge >= 0.3 is 0 Å². The lowest BCUT2D eigenvalue weighted by atomic mass is 9.78. The number of carbonyl (C=O) groups excluding carboxylic acids is 2. The monoisotopic (exact) mass is 498 g/mol. The molecule has 7 heteroatoms. The van der Waals surface area contributed by atoms with Crippen LogP contribution < -0.4 is 15.6 Å². The van der Waals surface area contributed by atoms with Crippen molar-refractivity contribution in [2.75, 3.05) is 6.61 Å². The van der Waals surface area contributed by atoms with E-state index in [0.717, 1.165) is 16.5 Å². The van der Waals surface area contributed by atoms with Crippen molar-refractivity contribution in [1.29, 1.82) is 0 Å². The summed E-state index contributed by atoms with van der Waals surface area (Å²) < 4.78 is 5.49. The number of ketones is 1. The van der Waals surface area contributed by atoms with Crippen molar-refractivity contribution in [3.05, 3.63) is 111 Å². The number of amides is 1. The molecule has 2 unspecified atom stereocenters. The summed E-state index contributed by atoms with van der Waals surface area (Å²) in [4.78, 5) is 42.1. The minimum absolute atomic E-state index is 0.312. The third-order valence-electron chi connectivity index (χ3n) is 6.19. The molecule has 1 aliphatic heterocycles. The highest BCUT2D eigenvalue weighted by Gasteiger charge is 2.38. The van der Waals surface area contributed by atoms with E-state index in [1.165, 1.54) is 12.2 Å². The second-order valence-electron chi connectivity index (χ2n) is 8.51. The number of aromatic amines is 1. The highest BCUT2D eigenvalue weighted by atomic mass is 35.5. The average Bonchev–Trinajstić information content (AvgIpc) is 2.87. The van der Waals surface area contributed by atoms with Crippen molar-refractivity contribution < 1.29 is 14.3 Å². The van der Waals surface area contributed by atoms with E-state index in [1.807, 2.05) is 49.4 Å². The summed E-state index contributed by atoms with van der Waals surface area (Å²) in [5.41, 5.74) is 2.75. The first-order chi connectivity index (χ1) is 17.4. The molecule has 0 saturated heterocycles. The molecule has 2 atom stereocenters. The van der Waals surface area contributed by atoms with Crippen LogP contribution in [0.1, 0.15) is 18.1 Å². The van der Waals surface area contributed by atoms with Crippen LogP contribution in [0.2, 0.25) is 0 Å². The number of ether oxygens (including phenoxy) is 1. The first kappa shape index (κ1) is 23.6. The van der Waals surface area contributed by atoms with Crippen molar-refractivity contribution >= 4 is 45.8 Å². The Morgan fingerprint density at radius 3 is 2.69 bits per heavy atom. The number of allylic oxidation sites excluding steroid dienone is 3. The molecule has 2 aromatic carbocycles. The standard InChI is InChI=1S/C29H23ClN2O4/c1-2-36-21-11-8-18-14-19(28(34)32-24(18)16-21)9-13-25(33)27-26(17-6-4-3-5-7-17)22-15-20(30)10-12-23(22)31-29(27)35/h3-16,23,27H,2H2,1H3,(H,31,35)(H,32,34). The maximum absolute atomic E-state index is 13.4. The summed E-state index contributed by atoms with van der Waals surface area (Å²) in [6.45, 7) is 2.41. The van der Waals surface area contributed by atoms with Gasteiger partial charge < -0.3 is 15.0 Å². The first-order valence-electron chi connectivity index (χ1n) is 11.6. The number of fused-ring (bicyclic) bond motifs is 2. The highest BCUT2D eigenvalue weighted by Crippen LogP contribution is 2.37. The summed E-state index contributed by atoms with van der Waals surface area (Å²) in [6.07, 6.45) is 8.06. The average molecular weight is 499 g/mol. The van der Waals surface area contributed by atoms with Crippen molar-refractivity contribution in [2.24, 2.45) is 5.92 Å². The van der Waals surface area contributed by atoms with Gasteiger partial charge in [-0.25, -0.2) is 0 Å². The number of carbonyl (C=O) groups is 2. The summed E-state index contributed by atoms with van der Waals surface area (Å²) >= 11 is 6.27. The number of hydrogen-bond donors (Lipinski definition) is 2. The molecule has 0 spiro atoms. The van der Waals surface area contributed by atoms with Crippen LogP contribution >= 0.6 is 11.6 Å². The van der Waals surface area contributed by atoms with Crippen LogP contribution in [0.5, 0.6) is 5.75 Å². The predicted octanol–water partition coefficient (Wildman–Crippen LogP) is 4.77. The van der Waals surface area contributed by atoms with Gasteiger partial charge in [-0.3, -0.25) is 14.4 Å². The molecule has 0 radical (unpaired) electrons. The lowest BCUT2D eigenvalue weighted by Gasteiger charge is -2.32. The zero-order valence-corrected chi connectivity index (χ0v) is 20.2. The van der Waals surface area contributed by atoms with Crippen LogP contribution in [0, 0.1) is 5.92 Å². The highest BCUT2D eigenvalue weighted by molar-refractivity contribution is 6.31. The number of H-pyrrole nitrogens is 1. The molecule has 1 aliphatic carbocycles. The smallest absolute Gasteiger partial charge is 0.255 e. The number of hydrogen-bond acceptors (Lipinski definition) is 4. The van der Waals surface area contributed by atoms with Crippen LogP contribution in [0.4, 0.5) is 0 Å². The molecule has 180 valence electrons. The van der Waals surface area contributed by atoms with Gasteiger partial charge in [-0.1, -0.05) is 48.0 Å². The number of nitrogens with one attached hydrogen (secondary N) is 2. The Morgan fingerprint density at radius 2 is 1.92 bits per heavy atom. The summed E-state index contributed by atoms with van der Waals surface area (Å²) in [7, 11) is 0. The lowest BCUT2D eigenvalue weighted by Crippen LogP contribution is -2.47. The largest absolute Gasteiger partial charge is 0.494 e. The van der Waals surface area contributed by atoms with Crippen LogP contribution in [0.15, 0.2) is 94.3 Å². The summed E-state index contributed by atoms with van der Waals surface area (Å²) in [5.74, 6) is -1.24. The number of halogens is 1. The Bertz CT molecular complexity index is 1550. The van der Waals surface area contributed by atoms with Gasteiger partial charge in [0.1, 0.15) is 11.7 Å². The molecule has 36 heavy (non-hydrogen) atoms. The van der Waals surface area contributed by atoms with Gasteiger partial charge in [0.2, 0.25) is 5.91 Å². The molecule has 1 amide bonds. The molecule has 0 bridgehead atoms. The van der Waals surface area contributed by atoms with Gasteiger partial charge in [-0.05, 0) is 71.5 Å². The van der Waals surface area contributed by atoms with Crippen LogP contribution in [-0.2, 0) is 9.59 Å². The SMILES string of the molecule is CCOc1ccc2cc(C=CC(=O)C3C(=O)NC4C=CC(Cl)=CC4=C3c3ccccc3)c(=O)[nH]c2c1. The van der Waals surface area contributed by atoms with E-state index in [1.54, 1.807) is 30.4 Å². The van der Waals surface area contributed by atoms with Gasteiger partial charge in [0, 0.05) is 16.7 Å². The molecule has 0 saturated carbocycles.